The number of nitrogens with zero attached hydrogens (tertiary/aromatic N) is 2. The smallest absolute Gasteiger partial charge is 0.159 e. The Morgan fingerprint density at radius 1 is 1.21 bits per heavy atom. The molecule has 0 radical (unpaired) electrons. The van der Waals surface area contributed by atoms with Gasteiger partial charge in [-0.3, -0.25) is 9.79 Å². The molecule has 0 N–H and O–H groups in total. The van der Waals surface area contributed by atoms with Crippen LogP contribution in [-0.4, -0.2) is 24.9 Å². The van der Waals surface area contributed by atoms with Crippen LogP contribution in [0.2, 0.25) is 0 Å². The minimum absolute atomic E-state index is 0.0562. The largest absolute Gasteiger partial charge is 0.295 e. The summed E-state index contributed by atoms with van der Waals surface area (Å²) in [6.07, 6.45) is 6.80. The third-order valence-electron chi connectivity index (χ3n) is 1.60. The summed E-state index contributed by atoms with van der Waals surface area (Å²) in [5, 5.41) is 0. The molecular weight excluding hydrogens is 176 g/mol. The number of carbonyl (C=O) groups excluding carboxylic acids is 1. The molecular formula is C11H16N2O. The summed E-state index contributed by atoms with van der Waals surface area (Å²) >= 11 is 0. The average Bonchev–Trinajstić information content (AvgIpc) is 2.15. The van der Waals surface area contributed by atoms with E-state index in [1.807, 2.05) is 13.8 Å². The highest BCUT2D eigenvalue weighted by Crippen LogP contribution is 1.98. The lowest BCUT2D eigenvalue weighted by Gasteiger charge is -1.93. The summed E-state index contributed by atoms with van der Waals surface area (Å²) < 4.78 is 0. The molecule has 0 fully saturated rings. The fourth-order valence-electron chi connectivity index (χ4n) is 0.819. The summed E-state index contributed by atoms with van der Waals surface area (Å²) in [5.74, 6) is 0.0562. The van der Waals surface area contributed by atoms with Crippen molar-refractivity contribution >= 4 is 17.8 Å². The summed E-state index contributed by atoms with van der Waals surface area (Å²) in [6.45, 7) is 5.23. The van der Waals surface area contributed by atoms with E-state index in [2.05, 4.69) is 9.98 Å². The van der Waals surface area contributed by atoms with Crippen LogP contribution < -0.4 is 0 Å². The van der Waals surface area contributed by atoms with E-state index in [1.165, 1.54) is 6.34 Å². The van der Waals surface area contributed by atoms with Gasteiger partial charge in [0.15, 0.2) is 5.78 Å². The third-order valence-corrected chi connectivity index (χ3v) is 1.60. The highest BCUT2D eigenvalue weighted by molar-refractivity contribution is 6.01. The molecule has 0 bridgehead atoms. The number of ketones is 1. The van der Waals surface area contributed by atoms with Gasteiger partial charge >= 0.3 is 0 Å². The van der Waals surface area contributed by atoms with Crippen LogP contribution >= 0.6 is 0 Å². The number of rotatable bonds is 4. The molecule has 0 saturated heterocycles. The van der Waals surface area contributed by atoms with Gasteiger partial charge in [-0.05, 0) is 32.9 Å². The first-order valence-corrected chi connectivity index (χ1v) is 4.42. The summed E-state index contributed by atoms with van der Waals surface area (Å²) in [6, 6.07) is 0. The van der Waals surface area contributed by atoms with Crippen molar-refractivity contribution in [3.05, 3.63) is 23.8 Å². The van der Waals surface area contributed by atoms with Crippen molar-refractivity contribution in [2.45, 2.75) is 20.8 Å². The summed E-state index contributed by atoms with van der Waals surface area (Å²) in [7, 11) is 1.66. The van der Waals surface area contributed by atoms with Crippen molar-refractivity contribution in [3.8, 4) is 0 Å². The maximum Gasteiger partial charge on any atom is 0.159 e. The molecule has 0 unspecified atom stereocenters. The van der Waals surface area contributed by atoms with E-state index in [4.69, 9.17) is 0 Å². The summed E-state index contributed by atoms with van der Waals surface area (Å²) in [5.41, 5.74) is 1.50. The Morgan fingerprint density at radius 3 is 2.29 bits per heavy atom. The Kier molecular flexibility index (Phi) is 6.20. The Balaban J connectivity index is 4.51. The second-order valence-corrected chi connectivity index (χ2v) is 2.78. The number of hydrogen-bond acceptors (Lipinski definition) is 2. The average molecular weight is 192 g/mol. The lowest BCUT2D eigenvalue weighted by atomic mass is 10.1. The van der Waals surface area contributed by atoms with Crippen molar-refractivity contribution in [2.24, 2.45) is 9.98 Å². The van der Waals surface area contributed by atoms with Gasteiger partial charge in [-0.2, -0.15) is 0 Å². The quantitative estimate of drug-likeness (QED) is 0.291. The SMILES string of the molecule is C/C=C(\C=C/C(C)=NC=NC)C(C)=O. The van der Waals surface area contributed by atoms with Crippen LogP contribution in [0.1, 0.15) is 20.8 Å². The second-order valence-electron chi connectivity index (χ2n) is 2.78. The van der Waals surface area contributed by atoms with Crippen LogP contribution in [0.15, 0.2) is 33.8 Å². The molecule has 0 heterocycles. The van der Waals surface area contributed by atoms with Gasteiger partial charge in [0.2, 0.25) is 0 Å². The van der Waals surface area contributed by atoms with E-state index in [-0.39, 0.29) is 5.78 Å². The molecule has 76 valence electrons. The normalized spacial score (nSPS) is 14.3. The molecule has 3 nitrogen and oxygen atoms in total. The van der Waals surface area contributed by atoms with Gasteiger partial charge in [-0.1, -0.05) is 6.08 Å². The second kappa shape index (κ2) is 6.95. The highest BCUT2D eigenvalue weighted by atomic mass is 16.1. The van der Waals surface area contributed by atoms with Gasteiger partial charge in [-0.25, -0.2) is 4.99 Å². The number of allylic oxidation sites excluding steroid dienone is 4. The minimum atomic E-state index is 0.0562. The van der Waals surface area contributed by atoms with E-state index in [9.17, 15) is 4.79 Å². The number of aliphatic imine (C=N–C) groups is 2. The molecule has 0 aliphatic carbocycles. The van der Waals surface area contributed by atoms with E-state index >= 15 is 0 Å². The van der Waals surface area contributed by atoms with Gasteiger partial charge in [0.1, 0.15) is 6.34 Å². The van der Waals surface area contributed by atoms with Crippen LogP contribution in [0.3, 0.4) is 0 Å². The maximum absolute atomic E-state index is 11.0. The molecule has 0 aromatic carbocycles. The predicted octanol–water partition coefficient (Wildman–Crippen LogP) is 2.20. The first-order valence-electron chi connectivity index (χ1n) is 4.42. The van der Waals surface area contributed by atoms with Crippen LogP contribution in [0.4, 0.5) is 0 Å². The van der Waals surface area contributed by atoms with Gasteiger partial charge in [0.25, 0.3) is 0 Å². The van der Waals surface area contributed by atoms with E-state index < -0.39 is 0 Å². The van der Waals surface area contributed by atoms with Crippen LogP contribution in [-0.2, 0) is 4.79 Å². The van der Waals surface area contributed by atoms with Crippen molar-refractivity contribution in [2.75, 3.05) is 7.05 Å². The van der Waals surface area contributed by atoms with E-state index in [0.29, 0.717) is 5.57 Å². The molecule has 0 aliphatic heterocycles. The first-order chi connectivity index (χ1) is 6.61. The fourth-order valence-corrected chi connectivity index (χ4v) is 0.819. The molecule has 3 heteroatoms. The van der Waals surface area contributed by atoms with Crippen molar-refractivity contribution in [3.63, 3.8) is 0 Å². The van der Waals surface area contributed by atoms with Gasteiger partial charge < -0.3 is 0 Å². The zero-order chi connectivity index (χ0) is 11.0. The lowest BCUT2D eigenvalue weighted by Crippen LogP contribution is -1.93. The van der Waals surface area contributed by atoms with Gasteiger partial charge in [-0.15, -0.1) is 0 Å². The highest BCUT2D eigenvalue weighted by Gasteiger charge is 1.95. The number of hydrogen-bond donors (Lipinski definition) is 0. The Labute approximate surface area is 85.0 Å². The fraction of sp³-hybridized carbons (Fsp3) is 0.364. The number of carbonyl (C=O) groups is 1. The Hall–Kier alpha value is -1.51. The van der Waals surface area contributed by atoms with E-state index in [1.54, 1.807) is 32.2 Å². The van der Waals surface area contributed by atoms with Crippen molar-refractivity contribution in [1.29, 1.82) is 0 Å². The van der Waals surface area contributed by atoms with Crippen LogP contribution in [0.5, 0.6) is 0 Å². The summed E-state index contributed by atoms with van der Waals surface area (Å²) in [4.78, 5) is 18.8. The zero-order valence-electron chi connectivity index (χ0n) is 9.11. The van der Waals surface area contributed by atoms with Crippen LogP contribution in [0.25, 0.3) is 0 Å². The molecule has 0 aliphatic rings. The van der Waals surface area contributed by atoms with Gasteiger partial charge in [0.05, 0.1) is 0 Å². The molecule has 14 heavy (non-hydrogen) atoms. The minimum Gasteiger partial charge on any atom is -0.295 e. The topological polar surface area (TPSA) is 41.8 Å². The predicted molar refractivity (Wildman–Crippen MR) is 61.1 cm³/mol. The monoisotopic (exact) mass is 192 g/mol. The van der Waals surface area contributed by atoms with Gasteiger partial charge in [0, 0.05) is 18.3 Å². The van der Waals surface area contributed by atoms with E-state index in [0.717, 1.165) is 5.71 Å². The first kappa shape index (κ1) is 12.5. The molecule has 0 rings (SSSR count). The van der Waals surface area contributed by atoms with Crippen molar-refractivity contribution in [1.82, 2.24) is 0 Å². The Morgan fingerprint density at radius 2 is 1.86 bits per heavy atom. The number of Topliss-reactive ketones (excluding diaryl/α,β-unsaturated/α-hetero) is 1. The molecule has 0 amide bonds. The standard InChI is InChI=1S/C11H16N2O/c1-5-11(10(3)14)7-6-9(2)13-8-12-4/h5-8H,1-4H3/b7-6-,11-5+,12-8?,13-9?. The maximum atomic E-state index is 11.0. The molecule has 0 saturated carbocycles. The lowest BCUT2D eigenvalue weighted by molar-refractivity contribution is -0.113. The van der Waals surface area contributed by atoms with Crippen molar-refractivity contribution < 1.29 is 4.79 Å². The van der Waals surface area contributed by atoms with Crippen LogP contribution in [0, 0.1) is 0 Å². The Bertz CT molecular complexity index is 309. The molecule has 0 aromatic rings. The molecule has 0 aromatic heterocycles. The molecule has 0 spiro atoms. The zero-order valence-corrected chi connectivity index (χ0v) is 9.11. The third kappa shape index (κ3) is 5.19. The molecule has 0 atom stereocenters.